The molecule has 2 heteroatoms. The molecule has 13 heavy (non-hydrogen) atoms. The van der Waals surface area contributed by atoms with Crippen molar-refractivity contribution in [1.82, 2.24) is 4.90 Å². The van der Waals surface area contributed by atoms with Gasteiger partial charge in [-0.1, -0.05) is 6.42 Å². The summed E-state index contributed by atoms with van der Waals surface area (Å²) >= 11 is 0. The zero-order chi connectivity index (χ0) is 9.31. The van der Waals surface area contributed by atoms with Crippen LogP contribution in [0.5, 0.6) is 0 Å². The van der Waals surface area contributed by atoms with E-state index >= 15 is 0 Å². The second-order valence-corrected chi connectivity index (χ2v) is 5.04. The van der Waals surface area contributed by atoms with Crippen molar-refractivity contribution in [3.05, 3.63) is 0 Å². The Morgan fingerprint density at radius 3 is 2.54 bits per heavy atom. The molecule has 0 radical (unpaired) electrons. The minimum absolute atomic E-state index is 0.157. The summed E-state index contributed by atoms with van der Waals surface area (Å²) in [5, 5.41) is 9.32. The molecule has 1 saturated carbocycles. The fraction of sp³-hybridized carbons (Fsp3) is 1.00. The molecule has 1 spiro atoms. The third-order valence-electron chi connectivity index (χ3n) is 3.68. The van der Waals surface area contributed by atoms with Gasteiger partial charge in [0.1, 0.15) is 0 Å². The summed E-state index contributed by atoms with van der Waals surface area (Å²) in [6.45, 7) is 5.22. The van der Waals surface area contributed by atoms with E-state index in [1.54, 1.807) is 0 Å². The molecular weight excluding hydrogens is 162 g/mol. The molecule has 1 aliphatic carbocycles. The minimum atomic E-state index is -0.157. The molecule has 0 amide bonds. The van der Waals surface area contributed by atoms with E-state index in [1.807, 2.05) is 6.92 Å². The van der Waals surface area contributed by atoms with Gasteiger partial charge in [0.15, 0.2) is 0 Å². The summed E-state index contributed by atoms with van der Waals surface area (Å²) in [5.41, 5.74) is 0.674. The number of piperidine rings is 1. The van der Waals surface area contributed by atoms with Crippen molar-refractivity contribution in [2.45, 2.75) is 45.1 Å². The van der Waals surface area contributed by atoms with Crippen LogP contribution in [0.15, 0.2) is 0 Å². The Kier molecular flexibility index (Phi) is 2.61. The number of aliphatic hydroxyl groups excluding tert-OH is 1. The van der Waals surface area contributed by atoms with Crippen molar-refractivity contribution < 1.29 is 5.11 Å². The van der Waals surface area contributed by atoms with Crippen LogP contribution in [0.2, 0.25) is 0 Å². The molecule has 0 aromatic heterocycles. The van der Waals surface area contributed by atoms with Gasteiger partial charge in [-0.05, 0) is 44.6 Å². The number of aliphatic hydroxyl groups is 1. The molecule has 1 aliphatic heterocycles. The monoisotopic (exact) mass is 183 g/mol. The number of rotatable bonds is 2. The molecular formula is C11H21NO. The molecule has 1 saturated heterocycles. The Morgan fingerprint density at radius 2 is 2.00 bits per heavy atom. The normalized spacial score (nSPS) is 30.0. The second-order valence-electron chi connectivity index (χ2n) is 5.04. The number of β-amino-alcohol motifs (C(OH)–C–C–N with tert-alkyl or cyclic N) is 1. The first-order chi connectivity index (χ1) is 6.20. The van der Waals surface area contributed by atoms with Gasteiger partial charge in [0.25, 0.3) is 0 Å². The smallest absolute Gasteiger partial charge is 0.0639 e. The van der Waals surface area contributed by atoms with Gasteiger partial charge in [-0.15, -0.1) is 0 Å². The largest absolute Gasteiger partial charge is 0.392 e. The standard InChI is InChI=1S/C11H21NO/c1-10(13)8-12-7-3-6-11(9-12)4-2-5-11/h10,13H,2-9H2,1H3. The lowest BCUT2D eigenvalue weighted by molar-refractivity contribution is 0.00250. The van der Waals surface area contributed by atoms with E-state index in [0.29, 0.717) is 5.41 Å². The minimum Gasteiger partial charge on any atom is -0.392 e. The maximum Gasteiger partial charge on any atom is 0.0639 e. The highest BCUT2D eigenvalue weighted by molar-refractivity contribution is 4.93. The van der Waals surface area contributed by atoms with Gasteiger partial charge in [-0.2, -0.15) is 0 Å². The lowest BCUT2D eigenvalue weighted by atomic mass is 9.64. The van der Waals surface area contributed by atoms with Crippen LogP contribution in [0.4, 0.5) is 0 Å². The maximum absolute atomic E-state index is 9.32. The van der Waals surface area contributed by atoms with Gasteiger partial charge in [-0.3, -0.25) is 0 Å². The van der Waals surface area contributed by atoms with E-state index in [1.165, 1.54) is 45.2 Å². The number of hydrogen-bond donors (Lipinski definition) is 1. The van der Waals surface area contributed by atoms with Crippen LogP contribution in [0.25, 0.3) is 0 Å². The summed E-state index contributed by atoms with van der Waals surface area (Å²) in [4.78, 5) is 2.45. The van der Waals surface area contributed by atoms with Crippen molar-refractivity contribution >= 4 is 0 Å². The summed E-state index contributed by atoms with van der Waals surface area (Å²) in [6.07, 6.45) is 6.92. The number of nitrogens with zero attached hydrogens (tertiary/aromatic N) is 1. The third-order valence-corrected chi connectivity index (χ3v) is 3.68. The molecule has 0 bridgehead atoms. The molecule has 2 aliphatic rings. The van der Waals surface area contributed by atoms with Gasteiger partial charge < -0.3 is 10.0 Å². The van der Waals surface area contributed by atoms with Crippen LogP contribution in [-0.2, 0) is 0 Å². The predicted octanol–water partition coefficient (Wildman–Crippen LogP) is 1.63. The molecule has 1 atom stereocenters. The third kappa shape index (κ3) is 2.05. The Bertz CT molecular complexity index is 175. The molecule has 76 valence electrons. The van der Waals surface area contributed by atoms with Crippen molar-refractivity contribution in [3.63, 3.8) is 0 Å². The van der Waals surface area contributed by atoms with Gasteiger partial charge >= 0.3 is 0 Å². The first-order valence-electron chi connectivity index (χ1n) is 5.61. The van der Waals surface area contributed by atoms with Gasteiger partial charge in [0.2, 0.25) is 0 Å². The Balaban J connectivity index is 1.85. The van der Waals surface area contributed by atoms with Crippen molar-refractivity contribution in [2.24, 2.45) is 5.41 Å². The summed E-state index contributed by atoms with van der Waals surface area (Å²) in [5.74, 6) is 0. The van der Waals surface area contributed by atoms with Crippen LogP contribution >= 0.6 is 0 Å². The highest BCUT2D eigenvalue weighted by Crippen LogP contribution is 2.47. The summed E-state index contributed by atoms with van der Waals surface area (Å²) < 4.78 is 0. The van der Waals surface area contributed by atoms with Crippen molar-refractivity contribution in [2.75, 3.05) is 19.6 Å². The fourth-order valence-corrected chi connectivity index (χ4v) is 2.92. The molecule has 0 aromatic rings. The molecule has 2 fully saturated rings. The van der Waals surface area contributed by atoms with Crippen LogP contribution < -0.4 is 0 Å². The number of likely N-dealkylation sites (tertiary alicyclic amines) is 1. The van der Waals surface area contributed by atoms with E-state index in [4.69, 9.17) is 0 Å². The maximum atomic E-state index is 9.32. The van der Waals surface area contributed by atoms with E-state index in [0.717, 1.165) is 6.54 Å². The van der Waals surface area contributed by atoms with Crippen LogP contribution in [0.3, 0.4) is 0 Å². The van der Waals surface area contributed by atoms with E-state index in [2.05, 4.69) is 4.90 Å². The fourth-order valence-electron chi connectivity index (χ4n) is 2.92. The lowest BCUT2D eigenvalue weighted by Crippen LogP contribution is -2.48. The lowest BCUT2D eigenvalue weighted by Gasteiger charge is -2.49. The van der Waals surface area contributed by atoms with Crippen LogP contribution in [-0.4, -0.2) is 35.7 Å². The molecule has 1 N–H and O–H groups in total. The Hall–Kier alpha value is -0.0800. The summed E-state index contributed by atoms with van der Waals surface area (Å²) in [7, 11) is 0. The van der Waals surface area contributed by atoms with Crippen LogP contribution in [0.1, 0.15) is 39.0 Å². The number of hydrogen-bond acceptors (Lipinski definition) is 2. The topological polar surface area (TPSA) is 23.5 Å². The summed E-state index contributed by atoms with van der Waals surface area (Å²) in [6, 6.07) is 0. The van der Waals surface area contributed by atoms with Gasteiger partial charge in [-0.25, -0.2) is 0 Å². The quantitative estimate of drug-likeness (QED) is 0.703. The van der Waals surface area contributed by atoms with E-state index in [9.17, 15) is 5.11 Å². The molecule has 2 rings (SSSR count). The molecule has 0 aromatic carbocycles. The average molecular weight is 183 g/mol. The highest BCUT2D eigenvalue weighted by atomic mass is 16.3. The average Bonchev–Trinajstić information content (AvgIpc) is 2.01. The Morgan fingerprint density at radius 1 is 1.31 bits per heavy atom. The van der Waals surface area contributed by atoms with E-state index < -0.39 is 0 Å². The van der Waals surface area contributed by atoms with Gasteiger partial charge in [0, 0.05) is 13.1 Å². The SMILES string of the molecule is CC(O)CN1CCCC2(CCC2)C1. The Labute approximate surface area is 80.9 Å². The van der Waals surface area contributed by atoms with Gasteiger partial charge in [0.05, 0.1) is 6.10 Å². The van der Waals surface area contributed by atoms with E-state index in [-0.39, 0.29) is 6.10 Å². The zero-order valence-electron chi connectivity index (χ0n) is 8.63. The highest BCUT2D eigenvalue weighted by Gasteiger charge is 2.40. The van der Waals surface area contributed by atoms with Crippen molar-refractivity contribution in [1.29, 1.82) is 0 Å². The first-order valence-corrected chi connectivity index (χ1v) is 5.61. The van der Waals surface area contributed by atoms with Crippen LogP contribution in [0, 0.1) is 5.41 Å². The first kappa shape index (κ1) is 9.47. The molecule has 1 heterocycles. The van der Waals surface area contributed by atoms with Crippen molar-refractivity contribution in [3.8, 4) is 0 Å². The molecule has 1 unspecified atom stereocenters. The zero-order valence-corrected chi connectivity index (χ0v) is 8.63. The predicted molar refractivity (Wildman–Crippen MR) is 53.6 cm³/mol. The molecule has 2 nitrogen and oxygen atoms in total. The second kappa shape index (κ2) is 3.58.